The molecule has 3 amide bonds. The Balaban J connectivity index is 1.89. The number of thioether (sulfide) groups is 1. The van der Waals surface area contributed by atoms with Crippen molar-refractivity contribution in [3.63, 3.8) is 0 Å². The van der Waals surface area contributed by atoms with E-state index in [0.717, 1.165) is 4.90 Å². The van der Waals surface area contributed by atoms with E-state index < -0.39 is 11.9 Å². The Morgan fingerprint density at radius 1 is 1.38 bits per heavy atom. The summed E-state index contributed by atoms with van der Waals surface area (Å²) in [4.78, 5) is 35.6. The van der Waals surface area contributed by atoms with Crippen molar-refractivity contribution in [1.29, 1.82) is 0 Å². The molecule has 1 fully saturated rings. The van der Waals surface area contributed by atoms with Gasteiger partial charge in [-0.3, -0.25) is 19.7 Å². The van der Waals surface area contributed by atoms with Gasteiger partial charge in [0.2, 0.25) is 17.7 Å². The number of nitrogens with one attached hydrogen (secondary N) is 2. The van der Waals surface area contributed by atoms with Crippen molar-refractivity contribution < 1.29 is 14.4 Å². The van der Waals surface area contributed by atoms with Crippen LogP contribution in [0.3, 0.4) is 0 Å². The van der Waals surface area contributed by atoms with Gasteiger partial charge >= 0.3 is 0 Å². The summed E-state index contributed by atoms with van der Waals surface area (Å²) in [6.45, 7) is 1.76. The van der Waals surface area contributed by atoms with Crippen molar-refractivity contribution >= 4 is 41.1 Å². The van der Waals surface area contributed by atoms with Gasteiger partial charge in [0.1, 0.15) is 6.04 Å². The summed E-state index contributed by atoms with van der Waals surface area (Å²) in [6.07, 6.45) is 0.587. The highest BCUT2D eigenvalue weighted by atomic mass is 35.5. The summed E-state index contributed by atoms with van der Waals surface area (Å²) in [6, 6.07) is 6.55. The fourth-order valence-electron chi connectivity index (χ4n) is 1.89. The zero-order chi connectivity index (χ0) is 15.4. The summed E-state index contributed by atoms with van der Waals surface area (Å²) in [7, 11) is 0. The van der Waals surface area contributed by atoms with Crippen LogP contribution in [0.1, 0.15) is 19.8 Å². The van der Waals surface area contributed by atoms with Crippen LogP contribution in [0.15, 0.2) is 29.2 Å². The highest BCUT2D eigenvalue weighted by Crippen LogP contribution is 2.25. The Labute approximate surface area is 131 Å². The van der Waals surface area contributed by atoms with Crippen LogP contribution >= 0.6 is 23.4 Å². The van der Waals surface area contributed by atoms with Crippen LogP contribution in [0.4, 0.5) is 0 Å². The van der Waals surface area contributed by atoms with Crippen LogP contribution in [0.25, 0.3) is 0 Å². The third kappa shape index (κ3) is 4.47. The maximum absolute atomic E-state index is 12.1. The van der Waals surface area contributed by atoms with Gasteiger partial charge < -0.3 is 5.32 Å². The molecule has 0 bridgehead atoms. The minimum Gasteiger partial charge on any atom is -0.343 e. The van der Waals surface area contributed by atoms with Crippen LogP contribution in [-0.2, 0) is 14.4 Å². The van der Waals surface area contributed by atoms with Gasteiger partial charge in [-0.2, -0.15) is 0 Å². The molecule has 21 heavy (non-hydrogen) atoms. The maximum Gasteiger partial charge on any atom is 0.249 e. The van der Waals surface area contributed by atoms with Crippen LogP contribution in [0.5, 0.6) is 0 Å². The zero-order valence-corrected chi connectivity index (χ0v) is 13.0. The van der Waals surface area contributed by atoms with Crippen molar-refractivity contribution in [1.82, 2.24) is 10.6 Å². The zero-order valence-electron chi connectivity index (χ0n) is 11.4. The van der Waals surface area contributed by atoms with Crippen LogP contribution in [0, 0.1) is 0 Å². The first kappa shape index (κ1) is 15.9. The number of benzene rings is 1. The monoisotopic (exact) mass is 326 g/mol. The Kier molecular flexibility index (Phi) is 5.25. The van der Waals surface area contributed by atoms with Crippen molar-refractivity contribution in [2.45, 2.75) is 36.0 Å². The van der Waals surface area contributed by atoms with Crippen molar-refractivity contribution in [3.05, 3.63) is 29.3 Å². The molecule has 1 aliphatic rings. The fourth-order valence-corrected chi connectivity index (χ4v) is 2.89. The maximum atomic E-state index is 12.1. The SMILES string of the molecule is CC(Sc1ccc(Cl)cc1)C(=O)NC1CCC(=O)NC1=O. The molecule has 1 heterocycles. The predicted octanol–water partition coefficient (Wildman–Crippen LogP) is 1.74. The van der Waals surface area contributed by atoms with E-state index in [1.54, 1.807) is 19.1 Å². The molecule has 1 saturated heterocycles. The average Bonchev–Trinajstić information content (AvgIpc) is 2.44. The lowest BCUT2D eigenvalue weighted by molar-refractivity contribution is -0.137. The molecule has 5 nitrogen and oxygen atoms in total. The topological polar surface area (TPSA) is 75.3 Å². The average molecular weight is 327 g/mol. The first-order chi connectivity index (χ1) is 9.95. The lowest BCUT2D eigenvalue weighted by atomic mass is 10.1. The molecule has 112 valence electrons. The number of rotatable bonds is 4. The molecule has 2 unspecified atom stereocenters. The molecule has 0 saturated carbocycles. The first-order valence-electron chi connectivity index (χ1n) is 6.52. The van der Waals surface area contributed by atoms with Crippen LogP contribution in [-0.4, -0.2) is 29.0 Å². The molecule has 0 aromatic heterocycles. The molecule has 7 heteroatoms. The molecule has 2 rings (SSSR count). The molecule has 0 spiro atoms. The van der Waals surface area contributed by atoms with E-state index in [0.29, 0.717) is 11.4 Å². The second-order valence-corrected chi connectivity index (χ2v) is 6.58. The highest BCUT2D eigenvalue weighted by molar-refractivity contribution is 8.00. The lowest BCUT2D eigenvalue weighted by Gasteiger charge is -2.23. The Bertz CT molecular complexity index is 562. The smallest absolute Gasteiger partial charge is 0.249 e. The number of carbonyl (C=O) groups excluding carboxylic acids is 3. The third-order valence-corrected chi connectivity index (χ3v) is 4.42. The van der Waals surface area contributed by atoms with Crippen LogP contribution in [0.2, 0.25) is 5.02 Å². The number of carbonyl (C=O) groups is 3. The van der Waals surface area contributed by atoms with Crippen molar-refractivity contribution in [3.8, 4) is 0 Å². The number of hydrogen-bond acceptors (Lipinski definition) is 4. The van der Waals surface area contributed by atoms with Gasteiger partial charge in [-0.15, -0.1) is 11.8 Å². The van der Waals surface area contributed by atoms with Gasteiger partial charge in [-0.05, 0) is 37.6 Å². The van der Waals surface area contributed by atoms with E-state index in [1.165, 1.54) is 11.8 Å². The van der Waals surface area contributed by atoms with Crippen molar-refractivity contribution in [2.75, 3.05) is 0 Å². The van der Waals surface area contributed by atoms with Gasteiger partial charge in [0.15, 0.2) is 0 Å². The van der Waals surface area contributed by atoms with Crippen LogP contribution < -0.4 is 10.6 Å². The van der Waals surface area contributed by atoms with E-state index in [1.807, 2.05) is 12.1 Å². The number of piperidine rings is 1. The molecule has 1 aliphatic heterocycles. The molecule has 2 N–H and O–H groups in total. The Morgan fingerprint density at radius 3 is 2.67 bits per heavy atom. The molecule has 0 radical (unpaired) electrons. The van der Waals surface area contributed by atoms with Gasteiger partial charge in [0.05, 0.1) is 5.25 Å². The summed E-state index contributed by atoms with van der Waals surface area (Å²) in [5.41, 5.74) is 0. The van der Waals surface area contributed by atoms with Gasteiger partial charge in [-0.25, -0.2) is 0 Å². The number of halogens is 1. The van der Waals surface area contributed by atoms with E-state index in [-0.39, 0.29) is 23.5 Å². The normalized spacial score (nSPS) is 19.8. The number of imide groups is 1. The molecule has 1 aromatic carbocycles. The Hall–Kier alpha value is -1.53. The molecule has 2 atom stereocenters. The molecular formula is C14H15ClN2O3S. The second kappa shape index (κ2) is 6.95. The van der Waals surface area contributed by atoms with E-state index in [2.05, 4.69) is 10.6 Å². The molecule has 0 aliphatic carbocycles. The number of amides is 3. The molecular weight excluding hydrogens is 312 g/mol. The minimum absolute atomic E-state index is 0.232. The Morgan fingerprint density at radius 2 is 2.05 bits per heavy atom. The summed E-state index contributed by atoms with van der Waals surface area (Å²) < 4.78 is 0. The lowest BCUT2D eigenvalue weighted by Crippen LogP contribution is -2.53. The fraction of sp³-hybridized carbons (Fsp3) is 0.357. The van der Waals surface area contributed by atoms with Gasteiger partial charge in [0, 0.05) is 16.3 Å². The van der Waals surface area contributed by atoms with Gasteiger partial charge in [0.25, 0.3) is 0 Å². The quantitative estimate of drug-likeness (QED) is 0.653. The van der Waals surface area contributed by atoms with E-state index in [4.69, 9.17) is 11.6 Å². The number of hydrogen-bond donors (Lipinski definition) is 2. The van der Waals surface area contributed by atoms with E-state index >= 15 is 0 Å². The van der Waals surface area contributed by atoms with E-state index in [9.17, 15) is 14.4 Å². The molecule has 1 aromatic rings. The highest BCUT2D eigenvalue weighted by Gasteiger charge is 2.29. The van der Waals surface area contributed by atoms with Gasteiger partial charge in [-0.1, -0.05) is 11.6 Å². The largest absolute Gasteiger partial charge is 0.343 e. The third-order valence-electron chi connectivity index (χ3n) is 3.05. The second-order valence-electron chi connectivity index (χ2n) is 4.73. The summed E-state index contributed by atoms with van der Waals surface area (Å²) >= 11 is 7.19. The van der Waals surface area contributed by atoms with Crippen molar-refractivity contribution in [2.24, 2.45) is 0 Å². The first-order valence-corrected chi connectivity index (χ1v) is 7.78. The summed E-state index contributed by atoms with van der Waals surface area (Å²) in [5.74, 6) is -0.971. The standard InChI is InChI=1S/C14H15ClN2O3S/c1-8(21-10-4-2-9(15)3-5-10)13(19)16-11-6-7-12(18)17-14(11)20/h2-5,8,11H,6-7H2,1H3,(H,16,19)(H,17,18,20). The summed E-state index contributed by atoms with van der Waals surface area (Å²) in [5, 5.41) is 5.17. The predicted molar refractivity (Wildman–Crippen MR) is 81.1 cm³/mol. The minimum atomic E-state index is -0.636.